The molecule has 27 heavy (non-hydrogen) atoms. The number of urea groups is 1. The number of aromatic nitrogens is 4. The normalized spacial score (nSPS) is 13.7. The number of aliphatic hydroxyl groups is 1. The molecule has 12 heteroatoms. The molecule has 1 atom stereocenters. The Morgan fingerprint density at radius 3 is 2.41 bits per heavy atom. The SMILES string of the molecule is Cc1cc(C)nc(NNC(=O)NCC[C@](O)(c2nccn2C)C(F)(F)F)n1. The Bertz CT molecular complexity index is 789. The molecule has 2 aromatic heterocycles. The minimum atomic E-state index is -4.96. The van der Waals surface area contributed by atoms with E-state index in [0.29, 0.717) is 11.4 Å². The van der Waals surface area contributed by atoms with Gasteiger partial charge in [0.05, 0.1) is 0 Å². The summed E-state index contributed by atoms with van der Waals surface area (Å²) in [6.45, 7) is 3.04. The number of nitrogens with zero attached hydrogens (tertiary/aromatic N) is 4. The lowest BCUT2D eigenvalue weighted by atomic mass is 9.97. The van der Waals surface area contributed by atoms with Gasteiger partial charge in [-0.05, 0) is 19.9 Å². The van der Waals surface area contributed by atoms with Crippen molar-refractivity contribution in [1.82, 2.24) is 30.3 Å². The van der Waals surface area contributed by atoms with Gasteiger partial charge in [-0.15, -0.1) is 0 Å². The lowest BCUT2D eigenvalue weighted by Crippen LogP contribution is -2.48. The van der Waals surface area contributed by atoms with E-state index in [1.165, 1.54) is 13.2 Å². The molecule has 0 saturated carbocycles. The molecule has 2 amide bonds. The number of alkyl halides is 3. The van der Waals surface area contributed by atoms with Crippen LogP contribution in [0.4, 0.5) is 23.9 Å². The number of nitrogens with one attached hydrogen (secondary N) is 3. The Balaban J connectivity index is 1.93. The van der Waals surface area contributed by atoms with Crippen LogP contribution in [-0.2, 0) is 12.6 Å². The van der Waals surface area contributed by atoms with Crippen LogP contribution in [0.2, 0.25) is 0 Å². The number of imidazole rings is 1. The summed E-state index contributed by atoms with van der Waals surface area (Å²) in [7, 11) is 1.34. The Kier molecular flexibility index (Phi) is 5.88. The zero-order valence-corrected chi connectivity index (χ0v) is 14.9. The minimum absolute atomic E-state index is 0.141. The summed E-state index contributed by atoms with van der Waals surface area (Å²) in [6.07, 6.45) is -3.33. The number of aryl methyl sites for hydroxylation is 3. The van der Waals surface area contributed by atoms with Crippen LogP contribution in [0.25, 0.3) is 0 Å². The van der Waals surface area contributed by atoms with Crippen molar-refractivity contribution in [2.75, 3.05) is 12.0 Å². The van der Waals surface area contributed by atoms with E-state index >= 15 is 0 Å². The third-order valence-electron chi connectivity index (χ3n) is 3.70. The molecule has 0 aliphatic carbocycles. The smallest absolute Gasteiger partial charge is 0.374 e. The van der Waals surface area contributed by atoms with E-state index in [2.05, 4.69) is 31.1 Å². The van der Waals surface area contributed by atoms with Crippen LogP contribution in [0.5, 0.6) is 0 Å². The number of carbonyl (C=O) groups is 1. The molecule has 0 aliphatic heterocycles. The summed E-state index contributed by atoms with van der Waals surface area (Å²) in [5.74, 6) is -0.415. The van der Waals surface area contributed by atoms with E-state index in [-0.39, 0.29) is 5.95 Å². The average Bonchev–Trinajstić information content (AvgIpc) is 2.97. The molecule has 0 radical (unpaired) electrons. The van der Waals surface area contributed by atoms with Crippen molar-refractivity contribution < 1.29 is 23.1 Å². The summed E-state index contributed by atoms with van der Waals surface area (Å²) >= 11 is 0. The predicted molar refractivity (Wildman–Crippen MR) is 89.4 cm³/mol. The van der Waals surface area contributed by atoms with Gasteiger partial charge in [0, 0.05) is 43.8 Å². The van der Waals surface area contributed by atoms with Crippen LogP contribution in [0, 0.1) is 13.8 Å². The quantitative estimate of drug-likeness (QED) is 0.555. The Hall–Kier alpha value is -2.89. The van der Waals surface area contributed by atoms with Gasteiger partial charge in [0.2, 0.25) is 11.5 Å². The zero-order valence-electron chi connectivity index (χ0n) is 14.9. The third kappa shape index (κ3) is 4.84. The highest BCUT2D eigenvalue weighted by Crippen LogP contribution is 2.40. The fourth-order valence-electron chi connectivity index (χ4n) is 2.44. The van der Waals surface area contributed by atoms with Gasteiger partial charge in [-0.2, -0.15) is 13.2 Å². The van der Waals surface area contributed by atoms with Crippen molar-refractivity contribution in [3.05, 3.63) is 35.7 Å². The van der Waals surface area contributed by atoms with Crippen molar-refractivity contribution in [3.63, 3.8) is 0 Å². The van der Waals surface area contributed by atoms with E-state index in [9.17, 15) is 23.1 Å². The van der Waals surface area contributed by atoms with Gasteiger partial charge in [-0.25, -0.2) is 25.2 Å². The first kappa shape index (κ1) is 20.4. The third-order valence-corrected chi connectivity index (χ3v) is 3.70. The maximum absolute atomic E-state index is 13.4. The van der Waals surface area contributed by atoms with Crippen LogP contribution in [-0.4, -0.2) is 43.4 Å². The van der Waals surface area contributed by atoms with Gasteiger partial charge < -0.3 is 15.0 Å². The second kappa shape index (κ2) is 7.78. The summed E-state index contributed by atoms with van der Waals surface area (Å²) in [6, 6.07) is 0.933. The van der Waals surface area contributed by atoms with Crippen LogP contribution < -0.4 is 16.2 Å². The number of amides is 2. The van der Waals surface area contributed by atoms with Crippen LogP contribution >= 0.6 is 0 Å². The van der Waals surface area contributed by atoms with Crippen LogP contribution in [0.1, 0.15) is 23.6 Å². The molecule has 4 N–H and O–H groups in total. The topological polar surface area (TPSA) is 117 Å². The molecule has 0 aliphatic rings. The second-order valence-electron chi connectivity index (χ2n) is 5.95. The van der Waals surface area contributed by atoms with Gasteiger partial charge in [-0.1, -0.05) is 0 Å². The lowest BCUT2D eigenvalue weighted by Gasteiger charge is -2.29. The van der Waals surface area contributed by atoms with Crippen molar-refractivity contribution in [3.8, 4) is 0 Å². The van der Waals surface area contributed by atoms with Crippen LogP contribution in [0.15, 0.2) is 18.5 Å². The fraction of sp³-hybridized carbons (Fsp3) is 0.467. The molecule has 0 aromatic carbocycles. The monoisotopic (exact) mass is 387 g/mol. The summed E-state index contributed by atoms with van der Waals surface area (Å²) in [4.78, 5) is 23.4. The van der Waals surface area contributed by atoms with Gasteiger partial charge in [0.25, 0.3) is 0 Å². The van der Waals surface area contributed by atoms with Crippen molar-refractivity contribution in [2.45, 2.75) is 32.0 Å². The van der Waals surface area contributed by atoms with E-state index in [1.807, 2.05) is 0 Å². The van der Waals surface area contributed by atoms with Gasteiger partial charge in [-0.3, -0.25) is 5.43 Å². The number of carbonyl (C=O) groups excluding carboxylic acids is 1. The molecular formula is C15H20F3N7O2. The number of hydrazine groups is 1. The molecule has 0 fully saturated rings. The van der Waals surface area contributed by atoms with E-state index in [1.54, 1.807) is 19.9 Å². The standard InChI is InChI=1S/C15H20F3N7O2/c1-9-8-10(2)22-12(21-9)23-24-13(26)20-5-4-14(27,15(16,17)18)11-19-6-7-25(11)3/h6-8,27H,4-5H2,1-3H3,(H2,20,24,26)(H,21,22,23)/t14-/m0/s1. The number of hydrogen-bond acceptors (Lipinski definition) is 6. The largest absolute Gasteiger partial charge is 0.424 e. The Morgan fingerprint density at radius 1 is 1.26 bits per heavy atom. The number of rotatable bonds is 6. The summed E-state index contributed by atoms with van der Waals surface area (Å²) < 4.78 is 41.1. The Labute approximate surface area is 153 Å². The first-order chi connectivity index (χ1) is 12.5. The van der Waals surface area contributed by atoms with Gasteiger partial charge in [0.1, 0.15) is 5.82 Å². The molecular weight excluding hydrogens is 367 g/mol. The minimum Gasteiger partial charge on any atom is -0.374 e. The van der Waals surface area contributed by atoms with Crippen molar-refractivity contribution >= 4 is 12.0 Å². The van der Waals surface area contributed by atoms with E-state index < -0.39 is 36.6 Å². The van der Waals surface area contributed by atoms with Gasteiger partial charge >= 0.3 is 12.2 Å². The highest BCUT2D eigenvalue weighted by Gasteiger charge is 2.57. The molecule has 2 rings (SSSR count). The highest BCUT2D eigenvalue weighted by molar-refractivity contribution is 5.74. The first-order valence-corrected chi connectivity index (χ1v) is 7.92. The van der Waals surface area contributed by atoms with Crippen LogP contribution in [0.3, 0.4) is 0 Å². The zero-order chi connectivity index (χ0) is 20.2. The van der Waals surface area contributed by atoms with Crippen molar-refractivity contribution in [1.29, 1.82) is 0 Å². The molecule has 0 unspecified atom stereocenters. The van der Waals surface area contributed by atoms with E-state index in [0.717, 1.165) is 10.8 Å². The molecule has 0 bridgehead atoms. The first-order valence-electron chi connectivity index (χ1n) is 7.92. The molecule has 2 heterocycles. The molecule has 0 saturated heterocycles. The maximum Gasteiger partial charge on any atom is 0.424 e. The Morgan fingerprint density at radius 2 is 1.89 bits per heavy atom. The highest BCUT2D eigenvalue weighted by atomic mass is 19.4. The number of anilines is 1. The lowest BCUT2D eigenvalue weighted by molar-refractivity contribution is -0.272. The molecule has 2 aromatic rings. The van der Waals surface area contributed by atoms with E-state index in [4.69, 9.17) is 0 Å². The number of hydrogen-bond donors (Lipinski definition) is 4. The predicted octanol–water partition coefficient (Wildman–Crippen LogP) is 1.29. The molecule has 9 nitrogen and oxygen atoms in total. The van der Waals surface area contributed by atoms with Gasteiger partial charge in [0.15, 0.2) is 0 Å². The van der Waals surface area contributed by atoms with Crippen molar-refractivity contribution in [2.24, 2.45) is 7.05 Å². The fourth-order valence-corrected chi connectivity index (χ4v) is 2.44. The molecule has 0 spiro atoms. The maximum atomic E-state index is 13.4. The summed E-state index contributed by atoms with van der Waals surface area (Å²) in [5, 5.41) is 12.4. The molecule has 148 valence electrons. The second-order valence-corrected chi connectivity index (χ2v) is 5.95. The average molecular weight is 387 g/mol. The number of halogens is 3. The summed E-state index contributed by atoms with van der Waals surface area (Å²) in [5.41, 5.74) is 2.84.